The molecule has 1 amide bonds. The minimum Gasteiger partial charge on any atom is -0.478 e. The lowest BCUT2D eigenvalue weighted by atomic mass is 10.1. The minimum atomic E-state index is -1.01. The maximum absolute atomic E-state index is 11.8. The number of rotatable bonds is 2. The van der Waals surface area contributed by atoms with Gasteiger partial charge in [-0.2, -0.15) is 0 Å². The number of carbonyl (C=O) groups excluding carboxylic acids is 1. The molecule has 90 valence electrons. The number of amides is 1. The van der Waals surface area contributed by atoms with Crippen LogP contribution in [0.25, 0.3) is 0 Å². The molecule has 0 aromatic heterocycles. The molecule has 2 rings (SSSR count). The summed E-state index contributed by atoms with van der Waals surface area (Å²) in [5.41, 5.74) is 0.680. The normalized spacial score (nSPS) is 19.8. The zero-order valence-corrected chi connectivity index (χ0v) is 12.4. The summed E-state index contributed by atoms with van der Waals surface area (Å²) in [6, 6.07) is 5.01. The molecule has 1 unspecified atom stereocenters. The van der Waals surface area contributed by atoms with Crippen LogP contribution < -0.4 is 4.90 Å². The summed E-state index contributed by atoms with van der Waals surface area (Å²) in [5.74, 6) is -1.05. The fourth-order valence-corrected chi connectivity index (χ4v) is 3.20. The summed E-state index contributed by atoms with van der Waals surface area (Å²) in [6.45, 7) is 0.513. The van der Waals surface area contributed by atoms with E-state index in [1.165, 1.54) is 6.07 Å². The van der Waals surface area contributed by atoms with Crippen LogP contribution in [0.4, 0.5) is 5.69 Å². The fraction of sp³-hybridized carbons (Fsp3) is 0.273. The number of carboxylic acid groups (broad SMARTS) is 1. The Morgan fingerprint density at radius 3 is 2.76 bits per heavy atom. The maximum Gasteiger partial charge on any atom is 0.337 e. The van der Waals surface area contributed by atoms with E-state index in [0.29, 0.717) is 18.7 Å². The van der Waals surface area contributed by atoms with Crippen molar-refractivity contribution in [1.29, 1.82) is 0 Å². The number of benzene rings is 1. The van der Waals surface area contributed by atoms with E-state index >= 15 is 0 Å². The van der Waals surface area contributed by atoms with E-state index in [0.717, 1.165) is 3.57 Å². The molecule has 1 aliphatic rings. The van der Waals surface area contributed by atoms with Gasteiger partial charge in [0.05, 0.1) is 11.3 Å². The highest BCUT2D eigenvalue weighted by molar-refractivity contribution is 14.1. The van der Waals surface area contributed by atoms with Gasteiger partial charge in [-0.3, -0.25) is 4.79 Å². The Balaban J connectivity index is 2.51. The summed E-state index contributed by atoms with van der Waals surface area (Å²) < 4.78 is 0.775. The van der Waals surface area contributed by atoms with Gasteiger partial charge in [0.25, 0.3) is 0 Å². The Bertz CT molecular complexity index is 492. The summed E-state index contributed by atoms with van der Waals surface area (Å²) in [5, 5.41) is 9.15. The van der Waals surface area contributed by atoms with Crippen LogP contribution in [-0.4, -0.2) is 28.4 Å². The second-order valence-electron chi connectivity index (χ2n) is 3.75. The Kier molecular flexibility index (Phi) is 3.72. The standard InChI is InChI=1S/C11H9BrINO3/c12-6-4-9(15)14(5-6)10-7(11(16)17)2-1-3-8(10)13/h1-3,6H,4-5H2,(H,16,17). The Morgan fingerprint density at radius 2 is 2.24 bits per heavy atom. The molecule has 1 atom stereocenters. The van der Waals surface area contributed by atoms with Gasteiger partial charge in [0, 0.05) is 21.4 Å². The van der Waals surface area contributed by atoms with Crippen LogP contribution in [0.3, 0.4) is 0 Å². The number of carbonyl (C=O) groups is 2. The average Bonchev–Trinajstić information content (AvgIpc) is 2.57. The molecule has 1 aromatic carbocycles. The molecule has 1 N–H and O–H groups in total. The van der Waals surface area contributed by atoms with E-state index in [1.807, 2.05) is 0 Å². The molecule has 0 aliphatic carbocycles. The van der Waals surface area contributed by atoms with E-state index in [-0.39, 0.29) is 16.3 Å². The molecule has 4 nitrogen and oxygen atoms in total. The van der Waals surface area contributed by atoms with Crippen molar-refractivity contribution in [1.82, 2.24) is 0 Å². The summed E-state index contributed by atoms with van der Waals surface area (Å²) in [4.78, 5) is 24.6. The molecule has 0 saturated carbocycles. The van der Waals surface area contributed by atoms with E-state index in [9.17, 15) is 9.59 Å². The Hall–Kier alpha value is -0.630. The first kappa shape index (κ1) is 12.8. The molecule has 0 bridgehead atoms. The van der Waals surface area contributed by atoms with Crippen molar-refractivity contribution < 1.29 is 14.7 Å². The zero-order valence-electron chi connectivity index (χ0n) is 8.69. The van der Waals surface area contributed by atoms with E-state index in [1.54, 1.807) is 17.0 Å². The Labute approximate surface area is 120 Å². The van der Waals surface area contributed by atoms with Gasteiger partial charge in [-0.15, -0.1) is 0 Å². The van der Waals surface area contributed by atoms with E-state index in [2.05, 4.69) is 38.5 Å². The number of hydrogen-bond donors (Lipinski definition) is 1. The highest BCUT2D eigenvalue weighted by Gasteiger charge is 2.32. The van der Waals surface area contributed by atoms with Crippen molar-refractivity contribution in [3.05, 3.63) is 27.3 Å². The molecule has 1 aliphatic heterocycles. The average molecular weight is 410 g/mol. The molecule has 0 spiro atoms. The molecular weight excluding hydrogens is 401 g/mol. The predicted molar refractivity (Wildman–Crippen MR) is 75.8 cm³/mol. The van der Waals surface area contributed by atoms with Crippen LogP contribution in [-0.2, 0) is 4.79 Å². The minimum absolute atomic E-state index is 0.0431. The number of nitrogens with zero attached hydrogens (tertiary/aromatic N) is 1. The third-order valence-corrected chi connectivity index (χ3v) is 4.05. The van der Waals surface area contributed by atoms with Gasteiger partial charge in [-0.25, -0.2) is 4.79 Å². The summed E-state index contributed by atoms with van der Waals surface area (Å²) in [6.07, 6.45) is 0.407. The number of hydrogen-bond acceptors (Lipinski definition) is 2. The smallest absolute Gasteiger partial charge is 0.337 e. The van der Waals surface area contributed by atoms with Gasteiger partial charge >= 0.3 is 5.97 Å². The molecule has 1 fully saturated rings. The van der Waals surface area contributed by atoms with Crippen LogP contribution in [0, 0.1) is 3.57 Å². The van der Waals surface area contributed by atoms with Crippen LogP contribution in [0.1, 0.15) is 16.8 Å². The molecule has 1 aromatic rings. The number of para-hydroxylation sites is 1. The fourth-order valence-electron chi connectivity index (χ4n) is 1.84. The lowest BCUT2D eigenvalue weighted by Gasteiger charge is -2.19. The van der Waals surface area contributed by atoms with Crippen molar-refractivity contribution in [2.75, 3.05) is 11.4 Å². The van der Waals surface area contributed by atoms with Crippen LogP contribution in [0.15, 0.2) is 18.2 Å². The van der Waals surface area contributed by atoms with E-state index < -0.39 is 5.97 Å². The van der Waals surface area contributed by atoms with Crippen molar-refractivity contribution in [3.8, 4) is 0 Å². The van der Waals surface area contributed by atoms with Gasteiger partial charge in [0.1, 0.15) is 0 Å². The molecule has 17 heavy (non-hydrogen) atoms. The van der Waals surface area contributed by atoms with Gasteiger partial charge in [0.15, 0.2) is 0 Å². The molecule has 0 radical (unpaired) electrons. The van der Waals surface area contributed by atoms with Crippen LogP contribution in [0.2, 0.25) is 0 Å². The Morgan fingerprint density at radius 1 is 1.53 bits per heavy atom. The SMILES string of the molecule is O=C(O)c1cccc(I)c1N1CC(Br)CC1=O. The summed E-state index contributed by atoms with van der Waals surface area (Å²) in [7, 11) is 0. The second-order valence-corrected chi connectivity index (χ2v) is 6.20. The van der Waals surface area contributed by atoms with Crippen LogP contribution in [0.5, 0.6) is 0 Å². The zero-order chi connectivity index (χ0) is 12.6. The van der Waals surface area contributed by atoms with Crippen molar-refractivity contribution >= 4 is 56.1 Å². The third kappa shape index (κ3) is 2.47. The first-order valence-electron chi connectivity index (χ1n) is 4.97. The maximum atomic E-state index is 11.8. The molecular formula is C11H9BrINO3. The number of aromatic carboxylic acids is 1. The number of carboxylic acids is 1. The number of anilines is 1. The van der Waals surface area contributed by atoms with Gasteiger partial charge in [-0.1, -0.05) is 22.0 Å². The molecule has 1 saturated heterocycles. The largest absolute Gasteiger partial charge is 0.478 e. The topological polar surface area (TPSA) is 57.6 Å². The van der Waals surface area contributed by atoms with Gasteiger partial charge in [-0.05, 0) is 34.7 Å². The predicted octanol–water partition coefficient (Wildman–Crippen LogP) is 2.49. The first-order chi connectivity index (χ1) is 8.00. The first-order valence-corrected chi connectivity index (χ1v) is 6.96. The van der Waals surface area contributed by atoms with E-state index in [4.69, 9.17) is 5.11 Å². The van der Waals surface area contributed by atoms with Crippen LogP contribution >= 0.6 is 38.5 Å². The highest BCUT2D eigenvalue weighted by atomic mass is 127. The number of halogens is 2. The van der Waals surface area contributed by atoms with Gasteiger partial charge in [0.2, 0.25) is 5.91 Å². The van der Waals surface area contributed by atoms with Gasteiger partial charge < -0.3 is 10.0 Å². The molecule has 6 heteroatoms. The quantitative estimate of drug-likeness (QED) is 0.603. The third-order valence-electron chi connectivity index (χ3n) is 2.56. The van der Waals surface area contributed by atoms with Crippen molar-refractivity contribution in [3.63, 3.8) is 0 Å². The van der Waals surface area contributed by atoms with Crippen molar-refractivity contribution in [2.45, 2.75) is 11.2 Å². The second kappa shape index (κ2) is 4.93. The number of alkyl halides is 1. The van der Waals surface area contributed by atoms with Crippen molar-refractivity contribution in [2.24, 2.45) is 0 Å². The monoisotopic (exact) mass is 409 g/mol. The summed E-state index contributed by atoms with van der Waals surface area (Å²) >= 11 is 5.44. The molecule has 1 heterocycles. The lowest BCUT2D eigenvalue weighted by molar-refractivity contribution is -0.117. The highest BCUT2D eigenvalue weighted by Crippen LogP contribution is 2.32. The lowest BCUT2D eigenvalue weighted by Crippen LogP contribution is -2.27.